The Morgan fingerprint density at radius 1 is 1.03 bits per heavy atom. The molecule has 0 bridgehead atoms. The summed E-state index contributed by atoms with van der Waals surface area (Å²) in [5, 5.41) is 3.02. The standard InChI is InChI=1S/C24H25FN2O4S/c1-2-32(29,30)21-9-7-20(8-10-21)27-15-13-19(14-16-27)26-24(28)23-12-11-22(31-23)17-3-5-18(25)6-4-17/h3-12,19H,2,13-16H2,1H3,(H,26,28). The van der Waals surface area contributed by atoms with Crippen LogP contribution in [0.25, 0.3) is 11.3 Å². The van der Waals surface area contributed by atoms with Crippen LogP contribution in [0.1, 0.15) is 30.3 Å². The van der Waals surface area contributed by atoms with E-state index in [4.69, 9.17) is 4.42 Å². The SMILES string of the molecule is CCS(=O)(=O)c1ccc(N2CCC(NC(=O)c3ccc(-c4ccc(F)cc4)o3)CC2)cc1. The van der Waals surface area contributed by atoms with Crippen molar-refractivity contribution < 1.29 is 22.0 Å². The van der Waals surface area contributed by atoms with E-state index in [1.807, 2.05) is 12.1 Å². The lowest BCUT2D eigenvalue weighted by atomic mass is 10.0. The number of furan rings is 1. The predicted octanol–water partition coefficient (Wildman–Crippen LogP) is 4.28. The largest absolute Gasteiger partial charge is 0.451 e. The molecule has 2 heterocycles. The van der Waals surface area contributed by atoms with Crippen LogP contribution in [0, 0.1) is 5.82 Å². The Labute approximate surface area is 187 Å². The zero-order valence-corrected chi connectivity index (χ0v) is 18.6. The van der Waals surface area contributed by atoms with Crippen molar-refractivity contribution in [2.24, 2.45) is 0 Å². The maximum atomic E-state index is 13.1. The Morgan fingerprint density at radius 3 is 2.31 bits per heavy atom. The summed E-state index contributed by atoms with van der Waals surface area (Å²) < 4.78 is 42.7. The van der Waals surface area contributed by atoms with E-state index in [2.05, 4.69) is 10.2 Å². The normalized spacial score (nSPS) is 15.0. The van der Waals surface area contributed by atoms with E-state index in [1.165, 1.54) is 12.1 Å². The molecule has 1 aliphatic heterocycles. The number of carbonyl (C=O) groups excluding carboxylic acids is 1. The van der Waals surface area contributed by atoms with Crippen molar-refractivity contribution in [1.82, 2.24) is 5.32 Å². The van der Waals surface area contributed by atoms with Crippen molar-refractivity contribution in [2.45, 2.75) is 30.7 Å². The molecule has 1 aliphatic rings. The van der Waals surface area contributed by atoms with Gasteiger partial charge < -0.3 is 14.6 Å². The molecule has 0 unspecified atom stereocenters. The molecule has 168 valence electrons. The van der Waals surface area contributed by atoms with Crippen molar-refractivity contribution in [3.05, 3.63) is 72.2 Å². The Hall–Kier alpha value is -3.13. The lowest BCUT2D eigenvalue weighted by molar-refractivity contribution is 0.0904. The number of piperidine rings is 1. The highest BCUT2D eigenvalue weighted by atomic mass is 32.2. The van der Waals surface area contributed by atoms with Gasteiger partial charge in [-0.05, 0) is 73.5 Å². The molecule has 0 spiro atoms. The molecule has 0 atom stereocenters. The highest BCUT2D eigenvalue weighted by Crippen LogP contribution is 2.24. The van der Waals surface area contributed by atoms with Gasteiger partial charge in [0, 0.05) is 30.4 Å². The number of hydrogen-bond donors (Lipinski definition) is 1. The van der Waals surface area contributed by atoms with Crippen LogP contribution in [0.5, 0.6) is 0 Å². The number of hydrogen-bond acceptors (Lipinski definition) is 5. The van der Waals surface area contributed by atoms with E-state index >= 15 is 0 Å². The van der Waals surface area contributed by atoms with Crippen molar-refractivity contribution in [3.8, 4) is 11.3 Å². The van der Waals surface area contributed by atoms with Crippen molar-refractivity contribution in [2.75, 3.05) is 23.7 Å². The van der Waals surface area contributed by atoms with E-state index in [-0.39, 0.29) is 29.3 Å². The van der Waals surface area contributed by atoms with E-state index in [1.54, 1.807) is 43.3 Å². The maximum absolute atomic E-state index is 13.1. The molecular formula is C24H25FN2O4S. The first-order valence-electron chi connectivity index (χ1n) is 10.6. The van der Waals surface area contributed by atoms with Gasteiger partial charge in [0.15, 0.2) is 15.6 Å². The molecule has 6 nitrogen and oxygen atoms in total. The monoisotopic (exact) mass is 456 g/mol. The molecule has 8 heteroatoms. The van der Waals surface area contributed by atoms with Crippen LogP contribution in [-0.4, -0.2) is 39.2 Å². The first-order valence-corrected chi connectivity index (χ1v) is 12.3. The third-order valence-electron chi connectivity index (χ3n) is 5.73. The Kier molecular flexibility index (Phi) is 6.32. The van der Waals surface area contributed by atoms with Gasteiger partial charge in [-0.15, -0.1) is 0 Å². The van der Waals surface area contributed by atoms with Crippen LogP contribution < -0.4 is 10.2 Å². The van der Waals surface area contributed by atoms with Crippen LogP contribution in [0.2, 0.25) is 0 Å². The fraction of sp³-hybridized carbons (Fsp3) is 0.292. The third kappa shape index (κ3) is 4.85. The van der Waals surface area contributed by atoms with Crippen LogP contribution >= 0.6 is 0 Å². The number of benzene rings is 2. The molecule has 1 N–H and O–H groups in total. The molecule has 0 saturated carbocycles. The highest BCUT2D eigenvalue weighted by molar-refractivity contribution is 7.91. The van der Waals surface area contributed by atoms with Gasteiger partial charge in [0.1, 0.15) is 11.6 Å². The highest BCUT2D eigenvalue weighted by Gasteiger charge is 2.23. The quantitative estimate of drug-likeness (QED) is 0.599. The molecule has 1 aromatic heterocycles. The third-order valence-corrected chi connectivity index (χ3v) is 7.48. The zero-order valence-electron chi connectivity index (χ0n) is 17.8. The lowest BCUT2D eigenvalue weighted by Gasteiger charge is -2.33. The van der Waals surface area contributed by atoms with Gasteiger partial charge in [0.2, 0.25) is 0 Å². The molecule has 1 saturated heterocycles. The molecular weight excluding hydrogens is 431 g/mol. The van der Waals surface area contributed by atoms with Crippen LogP contribution in [0.4, 0.5) is 10.1 Å². The summed E-state index contributed by atoms with van der Waals surface area (Å²) in [7, 11) is -3.20. The van der Waals surface area contributed by atoms with Crippen LogP contribution in [-0.2, 0) is 9.84 Å². The minimum Gasteiger partial charge on any atom is -0.451 e. The Balaban J connectivity index is 1.32. The van der Waals surface area contributed by atoms with Gasteiger partial charge in [-0.2, -0.15) is 0 Å². The molecule has 32 heavy (non-hydrogen) atoms. The molecule has 1 fully saturated rings. The fourth-order valence-electron chi connectivity index (χ4n) is 3.80. The first-order chi connectivity index (χ1) is 15.4. The maximum Gasteiger partial charge on any atom is 0.287 e. The molecule has 2 aromatic carbocycles. The second-order valence-corrected chi connectivity index (χ2v) is 10.1. The molecule has 0 radical (unpaired) electrons. The summed E-state index contributed by atoms with van der Waals surface area (Å²) in [6.45, 7) is 3.14. The summed E-state index contributed by atoms with van der Waals surface area (Å²) in [6, 6.07) is 16.2. The van der Waals surface area contributed by atoms with Crippen molar-refractivity contribution in [1.29, 1.82) is 0 Å². The van der Waals surface area contributed by atoms with E-state index < -0.39 is 9.84 Å². The summed E-state index contributed by atoms with van der Waals surface area (Å²) >= 11 is 0. The van der Waals surface area contributed by atoms with Crippen molar-refractivity contribution >= 4 is 21.4 Å². The number of anilines is 1. The van der Waals surface area contributed by atoms with E-state index in [9.17, 15) is 17.6 Å². The van der Waals surface area contributed by atoms with Crippen LogP contribution in [0.3, 0.4) is 0 Å². The minimum atomic E-state index is -3.20. The Bertz CT molecular complexity index is 1180. The van der Waals surface area contributed by atoms with E-state index in [0.717, 1.165) is 31.6 Å². The predicted molar refractivity (Wildman–Crippen MR) is 121 cm³/mol. The van der Waals surface area contributed by atoms with Crippen LogP contribution in [0.15, 0.2) is 70.0 Å². The van der Waals surface area contributed by atoms with Gasteiger partial charge >= 0.3 is 0 Å². The summed E-state index contributed by atoms with van der Waals surface area (Å²) in [6.07, 6.45) is 1.54. The second-order valence-electron chi connectivity index (χ2n) is 7.80. The van der Waals surface area contributed by atoms with Gasteiger partial charge in [-0.1, -0.05) is 6.92 Å². The number of nitrogens with one attached hydrogen (secondary N) is 1. The lowest BCUT2D eigenvalue weighted by Crippen LogP contribution is -2.44. The first kappa shape index (κ1) is 22.1. The number of carbonyl (C=O) groups is 1. The zero-order chi connectivity index (χ0) is 22.7. The second kappa shape index (κ2) is 9.16. The summed E-state index contributed by atoms with van der Waals surface area (Å²) in [5.41, 5.74) is 1.68. The van der Waals surface area contributed by atoms with Gasteiger partial charge in [0.05, 0.1) is 10.6 Å². The molecule has 4 rings (SSSR count). The number of rotatable bonds is 6. The van der Waals surface area contributed by atoms with E-state index in [0.29, 0.717) is 16.2 Å². The average molecular weight is 457 g/mol. The number of halogens is 1. The average Bonchev–Trinajstić information content (AvgIpc) is 3.31. The fourth-order valence-corrected chi connectivity index (χ4v) is 4.68. The number of sulfone groups is 1. The summed E-state index contributed by atoms with van der Waals surface area (Å²) in [4.78, 5) is 15.1. The minimum absolute atomic E-state index is 0.0258. The number of amides is 1. The van der Waals surface area contributed by atoms with Gasteiger partial charge in [-0.25, -0.2) is 12.8 Å². The number of nitrogens with zero attached hydrogens (tertiary/aromatic N) is 1. The van der Waals surface area contributed by atoms with Gasteiger partial charge in [0.25, 0.3) is 5.91 Å². The smallest absolute Gasteiger partial charge is 0.287 e. The topological polar surface area (TPSA) is 79.6 Å². The van der Waals surface area contributed by atoms with Gasteiger partial charge in [-0.3, -0.25) is 4.79 Å². The summed E-state index contributed by atoms with van der Waals surface area (Å²) in [5.74, 6) is 0.217. The molecule has 3 aromatic rings. The molecule has 0 aliphatic carbocycles. The molecule has 1 amide bonds. The van der Waals surface area contributed by atoms with Crippen molar-refractivity contribution in [3.63, 3.8) is 0 Å². The Morgan fingerprint density at radius 2 is 1.69 bits per heavy atom.